The monoisotopic (exact) mass is 235 g/mol. The largest absolute Gasteiger partial charge is 0.316 e. The van der Waals surface area contributed by atoms with E-state index in [0.717, 1.165) is 25.4 Å². The molecule has 3 heteroatoms. The zero-order valence-corrected chi connectivity index (χ0v) is 11.2. The molecule has 1 N–H and O–H groups in total. The molecule has 0 bridgehead atoms. The molecule has 0 aliphatic heterocycles. The Morgan fingerprint density at radius 1 is 1.41 bits per heavy atom. The molecule has 1 aliphatic carbocycles. The molecule has 1 aromatic heterocycles. The zero-order chi connectivity index (χ0) is 12.1. The van der Waals surface area contributed by atoms with Crippen molar-refractivity contribution in [3.05, 3.63) is 18.0 Å². The number of hydrogen-bond donors (Lipinski definition) is 1. The minimum absolute atomic E-state index is 0.673. The Kier molecular flexibility index (Phi) is 4.60. The van der Waals surface area contributed by atoms with E-state index in [0.29, 0.717) is 6.04 Å². The first kappa shape index (κ1) is 12.6. The average Bonchev–Trinajstić information content (AvgIpc) is 2.94. The van der Waals surface area contributed by atoms with Crippen LogP contribution in [0.1, 0.15) is 51.1 Å². The molecule has 0 spiro atoms. The maximum Gasteiger partial charge on any atom is 0.0522 e. The second kappa shape index (κ2) is 6.20. The molecule has 1 heterocycles. The number of nitrogens with zero attached hydrogens (tertiary/aromatic N) is 2. The van der Waals surface area contributed by atoms with E-state index in [1.54, 1.807) is 0 Å². The Morgan fingerprint density at radius 2 is 2.18 bits per heavy atom. The zero-order valence-electron chi connectivity index (χ0n) is 11.2. The van der Waals surface area contributed by atoms with Gasteiger partial charge in [-0.3, -0.25) is 4.68 Å². The van der Waals surface area contributed by atoms with E-state index in [2.05, 4.69) is 35.1 Å². The predicted molar refractivity (Wildman–Crippen MR) is 71.1 cm³/mol. The van der Waals surface area contributed by atoms with Crippen molar-refractivity contribution in [3.8, 4) is 0 Å². The average molecular weight is 235 g/mol. The van der Waals surface area contributed by atoms with Gasteiger partial charge in [0.25, 0.3) is 0 Å². The maximum atomic E-state index is 4.50. The summed E-state index contributed by atoms with van der Waals surface area (Å²) in [4.78, 5) is 0. The van der Waals surface area contributed by atoms with Crippen LogP contribution >= 0.6 is 0 Å². The maximum absolute atomic E-state index is 4.50. The molecule has 2 rings (SSSR count). The van der Waals surface area contributed by atoms with E-state index < -0.39 is 0 Å². The van der Waals surface area contributed by atoms with E-state index in [1.165, 1.54) is 31.2 Å². The molecule has 1 aromatic rings. The summed E-state index contributed by atoms with van der Waals surface area (Å²) in [6.07, 6.45) is 10.7. The topological polar surface area (TPSA) is 29.9 Å². The minimum atomic E-state index is 0.673. The quantitative estimate of drug-likeness (QED) is 0.768. The van der Waals surface area contributed by atoms with Crippen molar-refractivity contribution in [1.29, 1.82) is 0 Å². The van der Waals surface area contributed by atoms with Gasteiger partial charge in [0, 0.05) is 6.20 Å². The van der Waals surface area contributed by atoms with Crippen LogP contribution in [0.2, 0.25) is 0 Å². The third-order valence-corrected chi connectivity index (χ3v) is 3.50. The summed E-state index contributed by atoms with van der Waals surface area (Å²) in [5.74, 6) is 0.733. The summed E-state index contributed by atoms with van der Waals surface area (Å²) in [5.41, 5.74) is 1.37. The van der Waals surface area contributed by atoms with Crippen molar-refractivity contribution in [2.45, 2.75) is 52.0 Å². The first-order chi connectivity index (χ1) is 8.25. The van der Waals surface area contributed by atoms with Crippen LogP contribution in [-0.4, -0.2) is 22.9 Å². The number of hydrogen-bond acceptors (Lipinski definition) is 2. The van der Waals surface area contributed by atoms with Crippen molar-refractivity contribution in [3.63, 3.8) is 0 Å². The Labute approximate surface area is 105 Å². The molecule has 0 saturated heterocycles. The van der Waals surface area contributed by atoms with Gasteiger partial charge in [0.05, 0.1) is 12.2 Å². The summed E-state index contributed by atoms with van der Waals surface area (Å²) in [6.45, 7) is 6.65. The first-order valence-corrected chi connectivity index (χ1v) is 6.99. The fourth-order valence-corrected chi connectivity index (χ4v) is 2.50. The molecule has 1 aliphatic rings. The van der Waals surface area contributed by atoms with Crippen LogP contribution in [-0.2, 0) is 6.42 Å². The van der Waals surface area contributed by atoms with E-state index >= 15 is 0 Å². The van der Waals surface area contributed by atoms with Gasteiger partial charge >= 0.3 is 0 Å². The van der Waals surface area contributed by atoms with Crippen LogP contribution in [0.4, 0.5) is 0 Å². The van der Waals surface area contributed by atoms with Gasteiger partial charge in [-0.05, 0) is 43.8 Å². The molecular formula is C14H25N3. The minimum Gasteiger partial charge on any atom is -0.316 e. The van der Waals surface area contributed by atoms with Crippen molar-refractivity contribution in [1.82, 2.24) is 15.1 Å². The highest BCUT2D eigenvalue weighted by atomic mass is 15.3. The summed E-state index contributed by atoms with van der Waals surface area (Å²) < 4.78 is 2.19. The molecule has 3 nitrogen and oxygen atoms in total. The number of rotatable bonds is 6. The van der Waals surface area contributed by atoms with E-state index in [4.69, 9.17) is 0 Å². The molecule has 0 atom stereocenters. The lowest BCUT2D eigenvalue weighted by Crippen LogP contribution is -2.21. The molecule has 0 radical (unpaired) electrons. The summed E-state index contributed by atoms with van der Waals surface area (Å²) in [6, 6.07) is 0.673. The van der Waals surface area contributed by atoms with Crippen molar-refractivity contribution < 1.29 is 0 Å². The van der Waals surface area contributed by atoms with Crippen LogP contribution in [0, 0.1) is 5.92 Å². The summed E-state index contributed by atoms with van der Waals surface area (Å²) >= 11 is 0. The van der Waals surface area contributed by atoms with E-state index in [1.807, 2.05) is 6.20 Å². The highest BCUT2D eigenvalue weighted by Gasteiger charge is 2.17. The second-order valence-electron chi connectivity index (χ2n) is 5.61. The van der Waals surface area contributed by atoms with Crippen molar-refractivity contribution in [2.24, 2.45) is 5.92 Å². The molecular weight excluding hydrogens is 210 g/mol. The van der Waals surface area contributed by atoms with Gasteiger partial charge in [-0.25, -0.2) is 0 Å². The van der Waals surface area contributed by atoms with Crippen LogP contribution in [0.3, 0.4) is 0 Å². The van der Waals surface area contributed by atoms with Crippen molar-refractivity contribution in [2.75, 3.05) is 13.1 Å². The molecule has 0 amide bonds. The lowest BCUT2D eigenvalue weighted by atomic mass is 10.2. The smallest absolute Gasteiger partial charge is 0.0522 e. The second-order valence-corrected chi connectivity index (χ2v) is 5.61. The lowest BCUT2D eigenvalue weighted by molar-refractivity contribution is 0.466. The normalized spacial score (nSPS) is 17.1. The third-order valence-electron chi connectivity index (χ3n) is 3.50. The summed E-state index contributed by atoms with van der Waals surface area (Å²) in [5, 5.41) is 7.98. The Morgan fingerprint density at radius 3 is 2.88 bits per heavy atom. The summed E-state index contributed by atoms with van der Waals surface area (Å²) in [7, 11) is 0. The number of aromatic nitrogens is 2. The molecule has 1 fully saturated rings. The third kappa shape index (κ3) is 3.84. The SMILES string of the molecule is CC(C)CNCCc1cnn(C2CCCC2)c1. The Bertz CT molecular complexity index is 324. The van der Waals surface area contributed by atoms with Gasteiger partial charge < -0.3 is 5.32 Å². The molecule has 0 unspecified atom stereocenters. The fraction of sp³-hybridized carbons (Fsp3) is 0.786. The molecule has 96 valence electrons. The fourth-order valence-electron chi connectivity index (χ4n) is 2.50. The van der Waals surface area contributed by atoms with Gasteiger partial charge in [0.15, 0.2) is 0 Å². The molecule has 17 heavy (non-hydrogen) atoms. The van der Waals surface area contributed by atoms with Gasteiger partial charge in [-0.1, -0.05) is 26.7 Å². The Balaban J connectivity index is 1.74. The molecule has 0 aromatic carbocycles. The Hall–Kier alpha value is -0.830. The van der Waals surface area contributed by atoms with Crippen molar-refractivity contribution >= 4 is 0 Å². The molecule has 1 saturated carbocycles. The van der Waals surface area contributed by atoms with Crippen LogP contribution in [0.15, 0.2) is 12.4 Å². The van der Waals surface area contributed by atoms with Gasteiger partial charge in [0.2, 0.25) is 0 Å². The van der Waals surface area contributed by atoms with Gasteiger partial charge in [0.1, 0.15) is 0 Å². The standard InChI is InChI=1S/C14H25N3/c1-12(2)9-15-8-7-13-10-16-17(11-13)14-5-3-4-6-14/h10-12,14-15H,3-9H2,1-2H3. The number of nitrogens with one attached hydrogen (secondary N) is 1. The highest BCUT2D eigenvalue weighted by molar-refractivity contribution is 5.05. The first-order valence-electron chi connectivity index (χ1n) is 6.99. The van der Waals surface area contributed by atoms with E-state index in [-0.39, 0.29) is 0 Å². The van der Waals surface area contributed by atoms with Crippen LogP contribution < -0.4 is 5.32 Å². The highest BCUT2D eigenvalue weighted by Crippen LogP contribution is 2.28. The van der Waals surface area contributed by atoms with Gasteiger partial charge in [-0.15, -0.1) is 0 Å². The van der Waals surface area contributed by atoms with Crippen LogP contribution in [0.25, 0.3) is 0 Å². The van der Waals surface area contributed by atoms with E-state index in [9.17, 15) is 0 Å². The lowest BCUT2D eigenvalue weighted by Gasteiger charge is -2.08. The van der Waals surface area contributed by atoms with Gasteiger partial charge in [-0.2, -0.15) is 5.10 Å². The van der Waals surface area contributed by atoms with Crippen LogP contribution in [0.5, 0.6) is 0 Å². The predicted octanol–water partition coefficient (Wildman–Crippen LogP) is 2.79.